The highest BCUT2D eigenvalue weighted by molar-refractivity contribution is 14.1. The van der Waals surface area contributed by atoms with E-state index >= 15 is 0 Å². The van der Waals surface area contributed by atoms with Crippen LogP contribution in [-0.4, -0.2) is 18.5 Å². The molecule has 0 spiro atoms. The molecule has 138 valence electrons. The number of ether oxygens (including phenoxy) is 2. The van der Waals surface area contributed by atoms with Crippen molar-refractivity contribution in [3.05, 3.63) is 77.9 Å². The predicted octanol–water partition coefficient (Wildman–Crippen LogP) is 6.12. The first-order chi connectivity index (χ1) is 12.8. The van der Waals surface area contributed by atoms with Gasteiger partial charge in [0.25, 0.3) is 0 Å². The molecule has 0 aromatic heterocycles. The van der Waals surface area contributed by atoms with Crippen molar-refractivity contribution < 1.29 is 14.3 Å². The van der Waals surface area contributed by atoms with Gasteiger partial charge in [0, 0.05) is 9.13 Å². The maximum atomic E-state index is 12.2. The summed E-state index contributed by atoms with van der Waals surface area (Å²) in [5.74, 6) is 0.512. The third kappa shape index (κ3) is 5.08. The van der Waals surface area contributed by atoms with Crippen LogP contribution in [0, 0.1) is 3.57 Å². The van der Waals surface area contributed by atoms with Crippen LogP contribution in [0.3, 0.4) is 0 Å². The summed E-state index contributed by atoms with van der Waals surface area (Å²) < 4.78 is 13.7. The van der Waals surface area contributed by atoms with E-state index < -0.39 is 5.97 Å². The second-order valence-electron chi connectivity index (χ2n) is 5.90. The van der Waals surface area contributed by atoms with E-state index in [0.717, 1.165) is 29.2 Å². The molecule has 0 unspecified atom stereocenters. The van der Waals surface area contributed by atoms with Crippen LogP contribution in [0.2, 0.25) is 0 Å². The molecule has 27 heavy (non-hydrogen) atoms. The lowest BCUT2D eigenvalue weighted by molar-refractivity contribution is -0.129. The number of hydrogen-bond donors (Lipinski definition) is 0. The number of aliphatic imine (C=N–C) groups is 1. The van der Waals surface area contributed by atoms with Gasteiger partial charge >= 0.3 is 5.97 Å². The Hall–Kier alpha value is -1.45. The fraction of sp³-hybridized carbons (Fsp3) is 0.100. The van der Waals surface area contributed by atoms with Crippen molar-refractivity contribution in [2.24, 2.45) is 4.99 Å². The normalized spacial score (nSPS) is 14.9. The molecule has 1 aliphatic rings. The van der Waals surface area contributed by atoms with Gasteiger partial charge in [0.05, 0.1) is 8.95 Å². The number of carbonyl (C=O) groups is 1. The molecule has 1 aliphatic heterocycles. The summed E-state index contributed by atoms with van der Waals surface area (Å²) >= 11 is 9.22. The van der Waals surface area contributed by atoms with Gasteiger partial charge in [-0.1, -0.05) is 6.58 Å². The number of hydrogen-bond acceptors (Lipinski definition) is 4. The molecular formula is C20H14Br2INO3. The summed E-state index contributed by atoms with van der Waals surface area (Å²) in [6, 6.07) is 11.3. The van der Waals surface area contributed by atoms with Gasteiger partial charge < -0.3 is 9.47 Å². The molecular weight excluding hydrogens is 589 g/mol. The van der Waals surface area contributed by atoms with Gasteiger partial charge in [-0.3, -0.25) is 0 Å². The topological polar surface area (TPSA) is 47.9 Å². The number of rotatable bonds is 5. The van der Waals surface area contributed by atoms with Gasteiger partial charge in [-0.25, -0.2) is 9.79 Å². The van der Waals surface area contributed by atoms with Crippen molar-refractivity contribution in [3.8, 4) is 5.75 Å². The smallest absolute Gasteiger partial charge is 0.363 e. The minimum Gasteiger partial charge on any atom is -0.487 e. The molecule has 0 saturated carbocycles. The molecule has 0 amide bonds. The highest BCUT2D eigenvalue weighted by atomic mass is 127. The van der Waals surface area contributed by atoms with E-state index in [9.17, 15) is 4.79 Å². The van der Waals surface area contributed by atoms with Crippen LogP contribution in [-0.2, 0) is 9.53 Å². The number of benzene rings is 2. The average molecular weight is 603 g/mol. The van der Waals surface area contributed by atoms with Gasteiger partial charge in [0.1, 0.15) is 12.4 Å². The van der Waals surface area contributed by atoms with E-state index in [1.54, 1.807) is 6.08 Å². The van der Waals surface area contributed by atoms with Gasteiger partial charge in [-0.2, -0.15) is 0 Å². The Kier molecular flexibility index (Phi) is 6.54. The van der Waals surface area contributed by atoms with Crippen LogP contribution in [0.15, 0.2) is 68.2 Å². The molecule has 2 aromatic rings. The molecule has 1 heterocycles. The maximum absolute atomic E-state index is 12.2. The standard InChI is InChI=1S/C20H14Br2INO3/c1-11(2)10-26-18-15(21)7-12(8-16(18)22)9-17-20(25)27-19(24-17)13-3-5-14(23)6-4-13/h3-9H,1,10H2,2H3/b17-9-. The first-order valence-corrected chi connectivity index (χ1v) is 10.5. The lowest BCUT2D eigenvalue weighted by Crippen LogP contribution is -2.05. The van der Waals surface area contributed by atoms with Crippen molar-refractivity contribution in [2.45, 2.75) is 6.92 Å². The zero-order valence-electron chi connectivity index (χ0n) is 14.3. The van der Waals surface area contributed by atoms with E-state index in [2.05, 4.69) is 66.0 Å². The van der Waals surface area contributed by atoms with Crippen molar-refractivity contribution in [1.29, 1.82) is 0 Å². The molecule has 0 saturated heterocycles. The first-order valence-electron chi connectivity index (χ1n) is 7.88. The third-order valence-corrected chi connectivity index (χ3v) is 5.40. The second kappa shape index (κ2) is 8.70. The van der Waals surface area contributed by atoms with Gasteiger partial charge in [0.15, 0.2) is 5.70 Å². The van der Waals surface area contributed by atoms with E-state index in [1.165, 1.54) is 0 Å². The molecule has 0 bridgehead atoms. The van der Waals surface area contributed by atoms with Crippen LogP contribution in [0.5, 0.6) is 5.75 Å². The summed E-state index contributed by atoms with van der Waals surface area (Å²) in [4.78, 5) is 16.5. The number of nitrogens with zero attached hydrogens (tertiary/aromatic N) is 1. The van der Waals surface area contributed by atoms with Crippen LogP contribution < -0.4 is 4.74 Å². The molecule has 0 N–H and O–H groups in total. The first kappa shape index (κ1) is 20.3. The second-order valence-corrected chi connectivity index (χ2v) is 8.86. The summed E-state index contributed by atoms with van der Waals surface area (Å²) in [5.41, 5.74) is 2.72. The molecule has 0 fully saturated rings. The lowest BCUT2D eigenvalue weighted by Gasteiger charge is -2.11. The monoisotopic (exact) mass is 601 g/mol. The molecule has 0 aliphatic carbocycles. The van der Waals surface area contributed by atoms with Gasteiger partial charge in [0.2, 0.25) is 5.90 Å². The SMILES string of the molecule is C=C(C)COc1c(Br)cc(/C=C2\N=C(c3ccc(I)cc3)OC2=O)cc1Br. The quantitative estimate of drug-likeness (QED) is 0.179. The van der Waals surface area contributed by atoms with Crippen molar-refractivity contribution >= 4 is 72.4 Å². The van der Waals surface area contributed by atoms with E-state index in [1.807, 2.05) is 43.3 Å². The third-order valence-electron chi connectivity index (χ3n) is 3.50. The highest BCUT2D eigenvalue weighted by Crippen LogP contribution is 2.36. The average Bonchev–Trinajstić information content (AvgIpc) is 2.95. The number of carbonyl (C=O) groups excluding carboxylic acids is 1. The zero-order chi connectivity index (χ0) is 19.6. The van der Waals surface area contributed by atoms with E-state index in [0.29, 0.717) is 18.3 Å². The Morgan fingerprint density at radius 3 is 2.48 bits per heavy atom. The van der Waals surface area contributed by atoms with Crippen LogP contribution in [0.4, 0.5) is 0 Å². The Bertz CT molecular complexity index is 958. The van der Waals surface area contributed by atoms with Crippen molar-refractivity contribution in [1.82, 2.24) is 0 Å². The summed E-state index contributed by atoms with van der Waals surface area (Å²) in [5, 5.41) is 0. The Balaban J connectivity index is 1.88. The predicted molar refractivity (Wildman–Crippen MR) is 122 cm³/mol. The highest BCUT2D eigenvalue weighted by Gasteiger charge is 2.24. The Morgan fingerprint density at radius 2 is 1.89 bits per heavy atom. The molecule has 4 nitrogen and oxygen atoms in total. The molecule has 2 aromatic carbocycles. The van der Waals surface area contributed by atoms with E-state index in [4.69, 9.17) is 9.47 Å². The molecule has 0 atom stereocenters. The Morgan fingerprint density at radius 1 is 1.26 bits per heavy atom. The molecule has 3 rings (SSSR count). The van der Waals surface area contributed by atoms with Crippen LogP contribution in [0.25, 0.3) is 6.08 Å². The summed E-state index contributed by atoms with van der Waals surface area (Å²) in [7, 11) is 0. The van der Waals surface area contributed by atoms with Crippen LogP contribution in [0.1, 0.15) is 18.1 Å². The van der Waals surface area contributed by atoms with Crippen molar-refractivity contribution in [2.75, 3.05) is 6.61 Å². The molecule has 7 heteroatoms. The summed E-state index contributed by atoms with van der Waals surface area (Å²) in [6.07, 6.45) is 1.68. The number of cyclic esters (lactones) is 1. The zero-order valence-corrected chi connectivity index (χ0v) is 19.6. The Labute approximate surface area is 187 Å². The number of esters is 1. The minimum atomic E-state index is -0.474. The van der Waals surface area contributed by atoms with Gasteiger partial charge in [-0.15, -0.1) is 0 Å². The van der Waals surface area contributed by atoms with Crippen LogP contribution >= 0.6 is 54.5 Å². The minimum absolute atomic E-state index is 0.248. The summed E-state index contributed by atoms with van der Waals surface area (Å²) in [6.45, 7) is 6.15. The maximum Gasteiger partial charge on any atom is 0.363 e. The fourth-order valence-electron chi connectivity index (χ4n) is 2.28. The van der Waals surface area contributed by atoms with E-state index in [-0.39, 0.29) is 5.70 Å². The fourth-order valence-corrected chi connectivity index (χ4v) is 4.09. The number of halogens is 3. The van der Waals surface area contributed by atoms with Crippen molar-refractivity contribution in [3.63, 3.8) is 0 Å². The lowest BCUT2D eigenvalue weighted by atomic mass is 10.2. The van der Waals surface area contributed by atoms with Gasteiger partial charge in [-0.05, 0) is 115 Å². The molecule has 0 radical (unpaired) electrons. The largest absolute Gasteiger partial charge is 0.487 e.